The topological polar surface area (TPSA) is 72.6 Å². The van der Waals surface area contributed by atoms with Crippen molar-refractivity contribution in [2.75, 3.05) is 7.11 Å². The van der Waals surface area contributed by atoms with Crippen LogP contribution in [0.2, 0.25) is 0 Å². The Labute approximate surface area is 141 Å². The first kappa shape index (κ1) is 17.7. The van der Waals surface area contributed by atoms with Crippen molar-refractivity contribution >= 4 is 11.9 Å². The fourth-order valence-corrected chi connectivity index (χ4v) is 2.27. The Morgan fingerprint density at radius 2 is 1.92 bits per heavy atom. The summed E-state index contributed by atoms with van der Waals surface area (Å²) in [6.45, 7) is 6.09. The van der Waals surface area contributed by atoms with E-state index in [1.54, 1.807) is 4.90 Å². The Kier molecular flexibility index (Phi) is 5.73. The molecule has 0 bridgehead atoms. The Balaban J connectivity index is 2.17. The number of carbonyl (C=O) groups is 2. The van der Waals surface area contributed by atoms with Gasteiger partial charge in [0.25, 0.3) is 5.91 Å². The highest BCUT2D eigenvalue weighted by Crippen LogP contribution is 2.15. The van der Waals surface area contributed by atoms with Gasteiger partial charge in [0.05, 0.1) is 13.7 Å². The lowest BCUT2D eigenvalue weighted by Crippen LogP contribution is -2.36. The molecule has 0 N–H and O–H groups in total. The van der Waals surface area contributed by atoms with E-state index in [1.807, 2.05) is 38.1 Å². The number of aromatic nitrogens is 1. The minimum atomic E-state index is -0.567. The molecule has 0 aliphatic carbocycles. The third-order valence-electron chi connectivity index (χ3n) is 3.75. The number of amides is 1. The van der Waals surface area contributed by atoms with Gasteiger partial charge in [-0.15, -0.1) is 0 Å². The fraction of sp³-hybridized carbons (Fsp3) is 0.389. The zero-order valence-electron chi connectivity index (χ0n) is 14.4. The minimum Gasteiger partial charge on any atom is -0.464 e. The lowest BCUT2D eigenvalue weighted by molar-refractivity contribution is 0.0593. The second-order valence-electron chi connectivity index (χ2n) is 5.70. The van der Waals surface area contributed by atoms with Crippen LogP contribution in [0.15, 0.2) is 34.9 Å². The smallest absolute Gasteiger partial charge is 0.360 e. The largest absolute Gasteiger partial charge is 0.464 e. The molecule has 2 rings (SSSR count). The van der Waals surface area contributed by atoms with E-state index >= 15 is 0 Å². The second kappa shape index (κ2) is 7.77. The Morgan fingerprint density at radius 3 is 2.46 bits per heavy atom. The number of methoxy groups -OCH3 is 1. The Bertz CT molecular complexity index is 704. The van der Waals surface area contributed by atoms with Crippen molar-refractivity contribution < 1.29 is 18.7 Å². The number of ether oxygens (including phenoxy) is 1. The van der Waals surface area contributed by atoms with Gasteiger partial charge in [-0.2, -0.15) is 0 Å². The van der Waals surface area contributed by atoms with Crippen molar-refractivity contribution in [3.63, 3.8) is 0 Å². The molecule has 0 fully saturated rings. The molecule has 0 atom stereocenters. The summed E-state index contributed by atoms with van der Waals surface area (Å²) in [5, 5.41) is 0. The van der Waals surface area contributed by atoms with Crippen molar-refractivity contribution in [2.45, 2.75) is 39.8 Å². The van der Waals surface area contributed by atoms with Crippen molar-refractivity contribution in [3.8, 4) is 0 Å². The summed E-state index contributed by atoms with van der Waals surface area (Å²) in [4.78, 5) is 29.9. The van der Waals surface area contributed by atoms with E-state index < -0.39 is 5.97 Å². The first-order valence-corrected chi connectivity index (χ1v) is 7.88. The molecule has 2 aromatic rings. The molecular formula is C18H22N2O4. The SMILES string of the molecule is CCc1ccc(C(=O)N(Cc2nc(C(=O)OC)co2)C(C)C)cc1. The maximum absolute atomic E-state index is 12.8. The number of rotatable bonds is 6. The van der Waals surface area contributed by atoms with E-state index in [2.05, 4.69) is 16.6 Å². The lowest BCUT2D eigenvalue weighted by atomic mass is 10.1. The van der Waals surface area contributed by atoms with Crippen LogP contribution in [0, 0.1) is 0 Å². The normalized spacial score (nSPS) is 10.7. The van der Waals surface area contributed by atoms with Crippen molar-refractivity contribution in [3.05, 3.63) is 53.2 Å². The monoisotopic (exact) mass is 330 g/mol. The van der Waals surface area contributed by atoms with Gasteiger partial charge in [0.1, 0.15) is 6.26 Å². The number of oxazole rings is 1. The zero-order valence-corrected chi connectivity index (χ0v) is 14.4. The van der Waals surface area contributed by atoms with Crippen LogP contribution in [0.25, 0.3) is 0 Å². The van der Waals surface area contributed by atoms with Crippen LogP contribution in [-0.4, -0.2) is 34.9 Å². The number of esters is 1. The minimum absolute atomic E-state index is 0.0446. The molecule has 0 radical (unpaired) electrons. The third-order valence-corrected chi connectivity index (χ3v) is 3.75. The van der Waals surface area contributed by atoms with Crippen LogP contribution >= 0.6 is 0 Å². The summed E-state index contributed by atoms with van der Waals surface area (Å²) in [6.07, 6.45) is 2.16. The predicted octanol–water partition coefficient (Wildman–Crippen LogP) is 3.07. The number of nitrogens with zero attached hydrogens (tertiary/aromatic N) is 2. The highest BCUT2D eigenvalue weighted by atomic mass is 16.5. The summed E-state index contributed by atoms with van der Waals surface area (Å²) >= 11 is 0. The average molecular weight is 330 g/mol. The molecule has 0 spiro atoms. The molecule has 0 saturated carbocycles. The maximum Gasteiger partial charge on any atom is 0.360 e. The number of carbonyl (C=O) groups excluding carboxylic acids is 2. The molecule has 1 aromatic heterocycles. The summed E-state index contributed by atoms with van der Waals surface area (Å²) in [5.41, 5.74) is 1.88. The zero-order chi connectivity index (χ0) is 17.7. The van der Waals surface area contributed by atoms with Gasteiger partial charge in [0.15, 0.2) is 5.69 Å². The van der Waals surface area contributed by atoms with Crippen molar-refractivity contribution in [1.82, 2.24) is 9.88 Å². The third kappa shape index (κ3) is 4.01. The van der Waals surface area contributed by atoms with Crippen LogP contribution in [0.1, 0.15) is 53.1 Å². The van der Waals surface area contributed by atoms with Gasteiger partial charge in [0.2, 0.25) is 5.89 Å². The highest BCUT2D eigenvalue weighted by molar-refractivity contribution is 5.94. The van der Waals surface area contributed by atoms with Gasteiger partial charge in [-0.05, 0) is 38.0 Å². The summed E-state index contributed by atoms with van der Waals surface area (Å²) in [7, 11) is 1.28. The van der Waals surface area contributed by atoms with Gasteiger partial charge in [-0.3, -0.25) is 4.79 Å². The van der Waals surface area contributed by atoms with E-state index in [0.717, 1.165) is 6.42 Å². The molecule has 0 saturated heterocycles. The number of benzene rings is 1. The van der Waals surface area contributed by atoms with Gasteiger partial charge in [0, 0.05) is 11.6 Å². The van der Waals surface area contributed by atoms with Crippen LogP contribution in [0.5, 0.6) is 0 Å². The summed E-state index contributed by atoms with van der Waals surface area (Å²) < 4.78 is 9.88. The van der Waals surface area contributed by atoms with Gasteiger partial charge < -0.3 is 14.1 Å². The molecular weight excluding hydrogens is 308 g/mol. The summed E-state index contributed by atoms with van der Waals surface area (Å²) in [5.74, 6) is -0.379. The fourth-order valence-electron chi connectivity index (χ4n) is 2.27. The molecule has 1 aromatic carbocycles. The van der Waals surface area contributed by atoms with E-state index in [9.17, 15) is 9.59 Å². The van der Waals surface area contributed by atoms with Crippen LogP contribution in [-0.2, 0) is 17.7 Å². The second-order valence-corrected chi connectivity index (χ2v) is 5.70. The average Bonchev–Trinajstić information content (AvgIpc) is 3.07. The van der Waals surface area contributed by atoms with Crippen LogP contribution < -0.4 is 0 Å². The lowest BCUT2D eigenvalue weighted by Gasteiger charge is -2.25. The molecule has 24 heavy (non-hydrogen) atoms. The standard InChI is InChI=1S/C18H22N2O4/c1-5-13-6-8-14(9-7-13)17(21)20(12(2)3)10-16-19-15(11-24-16)18(22)23-4/h6-9,11-12H,5,10H2,1-4H3. The number of hydrogen-bond acceptors (Lipinski definition) is 5. The number of aryl methyl sites for hydroxylation is 1. The van der Waals surface area contributed by atoms with E-state index in [0.29, 0.717) is 11.5 Å². The Morgan fingerprint density at radius 1 is 1.25 bits per heavy atom. The van der Waals surface area contributed by atoms with E-state index in [4.69, 9.17) is 4.42 Å². The van der Waals surface area contributed by atoms with Crippen molar-refractivity contribution in [2.24, 2.45) is 0 Å². The van der Waals surface area contributed by atoms with E-state index in [-0.39, 0.29) is 24.2 Å². The van der Waals surface area contributed by atoms with Gasteiger partial charge in [-0.1, -0.05) is 19.1 Å². The van der Waals surface area contributed by atoms with Gasteiger partial charge in [-0.25, -0.2) is 9.78 Å². The van der Waals surface area contributed by atoms with Crippen LogP contribution in [0.3, 0.4) is 0 Å². The molecule has 1 heterocycles. The Hall–Kier alpha value is -2.63. The molecule has 6 nitrogen and oxygen atoms in total. The quantitative estimate of drug-likeness (QED) is 0.761. The highest BCUT2D eigenvalue weighted by Gasteiger charge is 2.22. The molecule has 6 heteroatoms. The molecule has 1 amide bonds. The molecule has 0 aliphatic heterocycles. The van der Waals surface area contributed by atoms with Gasteiger partial charge >= 0.3 is 5.97 Å². The number of hydrogen-bond donors (Lipinski definition) is 0. The first-order chi connectivity index (χ1) is 11.5. The molecule has 0 aliphatic rings. The predicted molar refractivity (Wildman–Crippen MR) is 88.7 cm³/mol. The molecule has 0 unspecified atom stereocenters. The van der Waals surface area contributed by atoms with E-state index in [1.165, 1.54) is 18.9 Å². The van der Waals surface area contributed by atoms with Crippen LogP contribution in [0.4, 0.5) is 0 Å². The first-order valence-electron chi connectivity index (χ1n) is 7.88. The van der Waals surface area contributed by atoms with Crippen molar-refractivity contribution in [1.29, 1.82) is 0 Å². The maximum atomic E-state index is 12.8. The summed E-state index contributed by atoms with van der Waals surface area (Å²) in [6, 6.07) is 7.51. The molecule has 128 valence electrons.